The van der Waals surface area contributed by atoms with E-state index < -0.39 is 0 Å². The van der Waals surface area contributed by atoms with Gasteiger partial charge < -0.3 is 5.32 Å². The highest BCUT2D eigenvalue weighted by Gasteiger charge is 1.94. The second kappa shape index (κ2) is 20.5. The van der Waals surface area contributed by atoms with Crippen molar-refractivity contribution < 1.29 is 0 Å². The summed E-state index contributed by atoms with van der Waals surface area (Å²) < 4.78 is 0. The first kappa shape index (κ1) is 21.4. The second-order valence-corrected chi connectivity index (χ2v) is 6.64. The number of nitrogens with zero attached hydrogens (tertiary/aromatic N) is 1. The molecule has 22 heavy (non-hydrogen) atoms. The van der Waals surface area contributed by atoms with Gasteiger partial charge in [0.05, 0.1) is 12.6 Å². The maximum Gasteiger partial charge on any atom is 0.0840 e. The second-order valence-electron chi connectivity index (χ2n) is 6.64. The van der Waals surface area contributed by atoms with Gasteiger partial charge in [-0.25, -0.2) is 0 Å². The minimum Gasteiger partial charge on any atom is -0.304 e. The Bertz CT molecular complexity index is 232. The Morgan fingerprint density at radius 2 is 0.955 bits per heavy atom. The lowest BCUT2D eigenvalue weighted by atomic mass is 10.0. The molecule has 0 saturated heterocycles. The van der Waals surface area contributed by atoms with E-state index in [4.69, 9.17) is 5.26 Å². The fraction of sp³-hybridized carbons (Fsp3) is 0.950. The van der Waals surface area contributed by atoms with Crippen LogP contribution in [0.25, 0.3) is 0 Å². The molecule has 0 aliphatic heterocycles. The highest BCUT2D eigenvalue weighted by atomic mass is 14.8. The lowest BCUT2D eigenvalue weighted by molar-refractivity contribution is 0.527. The molecule has 0 heterocycles. The third kappa shape index (κ3) is 19.4. The van der Waals surface area contributed by atoms with Crippen molar-refractivity contribution in [3.05, 3.63) is 0 Å². The van der Waals surface area contributed by atoms with E-state index in [-0.39, 0.29) is 0 Å². The number of hydrogen-bond donors (Lipinski definition) is 1. The molecule has 0 aliphatic rings. The van der Waals surface area contributed by atoms with Crippen molar-refractivity contribution in [3.63, 3.8) is 0 Å². The van der Waals surface area contributed by atoms with Crippen molar-refractivity contribution in [3.8, 4) is 6.07 Å². The molecule has 0 radical (unpaired) electrons. The molecule has 1 N–H and O–H groups in total. The van der Waals surface area contributed by atoms with Gasteiger partial charge in [-0.15, -0.1) is 0 Å². The van der Waals surface area contributed by atoms with Crippen molar-refractivity contribution in [2.45, 2.75) is 110 Å². The molecule has 0 bridgehead atoms. The molecule has 0 aromatic heterocycles. The van der Waals surface area contributed by atoms with E-state index in [2.05, 4.69) is 18.3 Å². The summed E-state index contributed by atoms with van der Waals surface area (Å²) in [5.74, 6) is 0. The van der Waals surface area contributed by atoms with Crippen molar-refractivity contribution in [1.29, 1.82) is 5.26 Å². The minimum atomic E-state index is 0.499. The molecule has 0 fully saturated rings. The van der Waals surface area contributed by atoms with Crippen molar-refractivity contribution >= 4 is 0 Å². The standard InChI is InChI=1S/C20H40N2/c1-2-3-4-5-6-7-8-9-10-11-12-13-14-15-16-17-19-22-20-18-21/h22H,2-17,19-20H2,1H3. The molecule has 0 atom stereocenters. The van der Waals surface area contributed by atoms with E-state index in [0.717, 1.165) is 6.54 Å². The van der Waals surface area contributed by atoms with Gasteiger partial charge >= 0.3 is 0 Å². The van der Waals surface area contributed by atoms with Crippen molar-refractivity contribution in [1.82, 2.24) is 5.32 Å². The highest BCUT2D eigenvalue weighted by Crippen LogP contribution is 2.13. The zero-order valence-corrected chi connectivity index (χ0v) is 15.2. The Morgan fingerprint density at radius 1 is 0.591 bits per heavy atom. The molecule has 0 spiro atoms. The smallest absolute Gasteiger partial charge is 0.0840 e. The zero-order valence-electron chi connectivity index (χ0n) is 15.2. The molecular formula is C20H40N2. The first-order valence-electron chi connectivity index (χ1n) is 9.99. The molecule has 0 aliphatic carbocycles. The topological polar surface area (TPSA) is 35.8 Å². The maximum atomic E-state index is 8.39. The Kier molecular flexibility index (Phi) is 19.9. The molecule has 0 aromatic rings. The normalized spacial score (nSPS) is 10.7. The summed E-state index contributed by atoms with van der Waals surface area (Å²) in [6.07, 6.45) is 22.6. The van der Waals surface area contributed by atoms with Gasteiger partial charge in [0.25, 0.3) is 0 Å². The van der Waals surface area contributed by atoms with E-state index in [1.807, 2.05) is 0 Å². The fourth-order valence-corrected chi connectivity index (χ4v) is 2.94. The summed E-state index contributed by atoms with van der Waals surface area (Å²) in [6.45, 7) is 3.79. The number of unbranched alkanes of at least 4 members (excludes halogenated alkanes) is 15. The Labute approximate surface area is 140 Å². The molecule has 0 aromatic carbocycles. The highest BCUT2D eigenvalue weighted by molar-refractivity contribution is 4.72. The van der Waals surface area contributed by atoms with Crippen LogP contribution >= 0.6 is 0 Å². The number of nitrogens with one attached hydrogen (secondary N) is 1. The molecule has 0 amide bonds. The predicted octanol–water partition coefficient (Wildman–Crippen LogP) is 6.36. The number of rotatable bonds is 18. The van der Waals surface area contributed by atoms with E-state index in [1.54, 1.807) is 0 Å². The van der Waals surface area contributed by atoms with Crippen LogP contribution in [0.2, 0.25) is 0 Å². The quantitative estimate of drug-likeness (QED) is 0.236. The molecule has 0 saturated carbocycles. The van der Waals surface area contributed by atoms with E-state index in [1.165, 1.54) is 103 Å². The van der Waals surface area contributed by atoms with E-state index in [0.29, 0.717) is 6.54 Å². The van der Waals surface area contributed by atoms with Crippen LogP contribution in [0.1, 0.15) is 110 Å². The monoisotopic (exact) mass is 308 g/mol. The average Bonchev–Trinajstić information content (AvgIpc) is 2.54. The van der Waals surface area contributed by atoms with Gasteiger partial charge in [-0.05, 0) is 13.0 Å². The van der Waals surface area contributed by atoms with Gasteiger partial charge in [0.2, 0.25) is 0 Å². The zero-order chi connectivity index (χ0) is 16.1. The van der Waals surface area contributed by atoms with Gasteiger partial charge in [-0.1, -0.05) is 103 Å². The van der Waals surface area contributed by atoms with E-state index >= 15 is 0 Å². The molecular weight excluding hydrogens is 268 g/mol. The summed E-state index contributed by atoms with van der Waals surface area (Å²) in [4.78, 5) is 0. The fourth-order valence-electron chi connectivity index (χ4n) is 2.94. The van der Waals surface area contributed by atoms with Crippen LogP contribution in [0, 0.1) is 11.3 Å². The first-order chi connectivity index (χ1) is 10.9. The summed E-state index contributed by atoms with van der Waals surface area (Å²) in [7, 11) is 0. The third-order valence-corrected chi connectivity index (χ3v) is 4.41. The van der Waals surface area contributed by atoms with Gasteiger partial charge in [0, 0.05) is 0 Å². The summed E-state index contributed by atoms with van der Waals surface area (Å²) in [6, 6.07) is 2.11. The summed E-state index contributed by atoms with van der Waals surface area (Å²) >= 11 is 0. The van der Waals surface area contributed by atoms with Crippen LogP contribution in [0.5, 0.6) is 0 Å². The lowest BCUT2D eigenvalue weighted by Crippen LogP contribution is -2.14. The van der Waals surface area contributed by atoms with Gasteiger partial charge in [-0.3, -0.25) is 0 Å². The van der Waals surface area contributed by atoms with Crippen LogP contribution < -0.4 is 5.32 Å². The van der Waals surface area contributed by atoms with E-state index in [9.17, 15) is 0 Å². The van der Waals surface area contributed by atoms with Gasteiger partial charge in [0.15, 0.2) is 0 Å². The lowest BCUT2D eigenvalue weighted by Gasteiger charge is -2.03. The van der Waals surface area contributed by atoms with Gasteiger partial charge in [0.1, 0.15) is 0 Å². The molecule has 130 valence electrons. The molecule has 0 unspecified atom stereocenters. The molecule has 2 heteroatoms. The Hall–Kier alpha value is -0.550. The average molecular weight is 309 g/mol. The first-order valence-corrected chi connectivity index (χ1v) is 9.99. The van der Waals surface area contributed by atoms with Crippen LogP contribution in [-0.2, 0) is 0 Å². The Morgan fingerprint density at radius 3 is 1.32 bits per heavy atom. The largest absolute Gasteiger partial charge is 0.304 e. The van der Waals surface area contributed by atoms with Crippen LogP contribution in [0.15, 0.2) is 0 Å². The minimum absolute atomic E-state index is 0.499. The predicted molar refractivity (Wildman–Crippen MR) is 98.0 cm³/mol. The maximum absolute atomic E-state index is 8.39. The summed E-state index contributed by atoms with van der Waals surface area (Å²) in [5.41, 5.74) is 0. The Balaban J connectivity index is 2.93. The van der Waals surface area contributed by atoms with Crippen molar-refractivity contribution in [2.24, 2.45) is 0 Å². The third-order valence-electron chi connectivity index (χ3n) is 4.41. The molecule has 0 rings (SSSR count). The van der Waals surface area contributed by atoms with Crippen LogP contribution in [0.3, 0.4) is 0 Å². The van der Waals surface area contributed by atoms with Crippen molar-refractivity contribution in [2.75, 3.05) is 13.1 Å². The van der Waals surface area contributed by atoms with Gasteiger partial charge in [-0.2, -0.15) is 5.26 Å². The molecule has 2 nitrogen and oxygen atoms in total. The SMILES string of the molecule is CCCCCCCCCCCCCCCCCCNCC#N. The summed E-state index contributed by atoms with van der Waals surface area (Å²) in [5, 5.41) is 11.5. The van der Waals surface area contributed by atoms with Crippen LogP contribution in [0.4, 0.5) is 0 Å². The number of hydrogen-bond acceptors (Lipinski definition) is 2. The number of nitriles is 1. The van der Waals surface area contributed by atoms with Crippen LogP contribution in [-0.4, -0.2) is 13.1 Å².